The van der Waals surface area contributed by atoms with Crippen LogP contribution in [0.4, 0.5) is 14.5 Å². The summed E-state index contributed by atoms with van der Waals surface area (Å²) >= 11 is 0. The number of amides is 1. The van der Waals surface area contributed by atoms with Gasteiger partial charge in [-0.1, -0.05) is 24.3 Å². The van der Waals surface area contributed by atoms with Crippen molar-refractivity contribution in [2.45, 2.75) is 10.9 Å². The summed E-state index contributed by atoms with van der Waals surface area (Å²) in [6.45, 7) is 0.226. The Labute approximate surface area is 185 Å². The van der Waals surface area contributed by atoms with Crippen LogP contribution in [0.3, 0.4) is 0 Å². The molecule has 0 spiro atoms. The van der Waals surface area contributed by atoms with Crippen LogP contribution in [0.5, 0.6) is 0 Å². The van der Waals surface area contributed by atoms with Gasteiger partial charge in [-0.15, -0.1) is 0 Å². The lowest BCUT2D eigenvalue weighted by atomic mass is 10.1. The molecule has 0 aromatic heterocycles. The van der Waals surface area contributed by atoms with Crippen molar-refractivity contribution in [3.63, 3.8) is 0 Å². The predicted molar refractivity (Wildman–Crippen MR) is 119 cm³/mol. The number of benzene rings is 3. The second-order valence-electron chi connectivity index (χ2n) is 7.35. The minimum Gasteiger partial charge on any atom is -0.350 e. The second-order valence-corrected chi connectivity index (χ2v) is 9.04. The van der Waals surface area contributed by atoms with Crippen LogP contribution in [0, 0.1) is 11.6 Å². The van der Waals surface area contributed by atoms with Gasteiger partial charge in [-0.3, -0.25) is 9.52 Å². The molecule has 0 saturated heterocycles. The fourth-order valence-corrected chi connectivity index (χ4v) is 4.20. The van der Waals surface area contributed by atoms with Crippen molar-refractivity contribution in [3.8, 4) is 0 Å². The quantitative estimate of drug-likeness (QED) is 0.537. The molecule has 3 aromatic carbocycles. The van der Waals surface area contributed by atoms with Gasteiger partial charge >= 0.3 is 0 Å². The number of sulfonamides is 1. The average molecular weight is 460 g/mol. The zero-order valence-electron chi connectivity index (χ0n) is 17.5. The van der Waals surface area contributed by atoms with Crippen LogP contribution >= 0.6 is 0 Å². The molecule has 168 valence electrons. The number of hydrogen-bond acceptors (Lipinski definition) is 4. The lowest BCUT2D eigenvalue weighted by molar-refractivity contribution is 0.0942. The maximum absolute atomic E-state index is 13.8. The maximum atomic E-state index is 13.8. The van der Waals surface area contributed by atoms with Crippen LogP contribution in [0.2, 0.25) is 0 Å². The first-order valence-electron chi connectivity index (χ1n) is 9.75. The number of carbonyl (C=O) groups is 1. The van der Waals surface area contributed by atoms with E-state index in [-0.39, 0.29) is 34.6 Å². The van der Waals surface area contributed by atoms with Gasteiger partial charge in [0.05, 0.1) is 16.6 Å². The Hall–Kier alpha value is -3.30. The molecule has 3 rings (SSSR count). The summed E-state index contributed by atoms with van der Waals surface area (Å²) in [4.78, 5) is 14.3. The first-order valence-corrected chi connectivity index (χ1v) is 11.2. The molecule has 0 saturated carbocycles. The van der Waals surface area contributed by atoms with Crippen molar-refractivity contribution in [2.75, 3.05) is 25.4 Å². The average Bonchev–Trinajstić information content (AvgIpc) is 2.75. The number of carbonyl (C=O) groups excluding carboxylic acids is 1. The molecule has 6 nitrogen and oxygen atoms in total. The highest BCUT2D eigenvalue weighted by Crippen LogP contribution is 2.20. The van der Waals surface area contributed by atoms with Crippen molar-refractivity contribution in [1.29, 1.82) is 0 Å². The molecule has 0 aliphatic rings. The highest BCUT2D eigenvalue weighted by Gasteiger charge is 2.19. The van der Waals surface area contributed by atoms with Crippen molar-refractivity contribution >= 4 is 21.6 Å². The van der Waals surface area contributed by atoms with Crippen molar-refractivity contribution in [3.05, 3.63) is 95.6 Å². The number of halogens is 2. The van der Waals surface area contributed by atoms with E-state index in [1.54, 1.807) is 12.1 Å². The van der Waals surface area contributed by atoms with Crippen molar-refractivity contribution in [2.24, 2.45) is 0 Å². The molecule has 0 radical (unpaired) electrons. The van der Waals surface area contributed by atoms with Gasteiger partial charge in [0.2, 0.25) is 0 Å². The van der Waals surface area contributed by atoms with E-state index in [0.29, 0.717) is 0 Å². The van der Waals surface area contributed by atoms with E-state index >= 15 is 0 Å². The number of rotatable bonds is 8. The summed E-state index contributed by atoms with van der Waals surface area (Å²) in [6, 6.07) is 16.6. The molecule has 0 fully saturated rings. The fourth-order valence-electron chi connectivity index (χ4n) is 3.14. The van der Waals surface area contributed by atoms with E-state index in [0.717, 1.165) is 11.6 Å². The summed E-state index contributed by atoms with van der Waals surface area (Å²) in [5.74, 6) is -1.46. The summed E-state index contributed by atoms with van der Waals surface area (Å²) in [7, 11) is -0.373. The smallest absolute Gasteiger partial charge is 0.261 e. The molecule has 32 heavy (non-hydrogen) atoms. The van der Waals surface area contributed by atoms with Crippen LogP contribution in [0.1, 0.15) is 22.0 Å². The van der Waals surface area contributed by atoms with E-state index < -0.39 is 21.7 Å². The first-order chi connectivity index (χ1) is 15.2. The van der Waals surface area contributed by atoms with Gasteiger partial charge < -0.3 is 10.2 Å². The molecule has 0 heterocycles. The second kappa shape index (κ2) is 9.88. The number of nitrogens with one attached hydrogen (secondary N) is 2. The van der Waals surface area contributed by atoms with Gasteiger partial charge in [0.1, 0.15) is 11.6 Å². The Morgan fingerprint density at radius 2 is 1.66 bits per heavy atom. The largest absolute Gasteiger partial charge is 0.350 e. The number of likely N-dealkylation sites (N-methyl/N-ethyl adjacent to an activating group) is 1. The molecule has 0 bridgehead atoms. The molecule has 1 amide bonds. The van der Waals surface area contributed by atoms with Crippen molar-refractivity contribution in [1.82, 2.24) is 10.2 Å². The topological polar surface area (TPSA) is 78.5 Å². The first kappa shape index (κ1) is 23.4. The minimum absolute atomic E-state index is 0.108. The Bertz CT molecular complexity index is 1200. The Morgan fingerprint density at radius 1 is 0.969 bits per heavy atom. The number of hydrogen-bond donors (Lipinski definition) is 2. The van der Waals surface area contributed by atoms with Crippen LogP contribution in [0.15, 0.2) is 77.7 Å². The van der Waals surface area contributed by atoms with Crippen LogP contribution in [-0.4, -0.2) is 39.9 Å². The van der Waals surface area contributed by atoms with E-state index in [1.807, 2.05) is 19.0 Å². The maximum Gasteiger partial charge on any atom is 0.261 e. The molecule has 2 N–H and O–H groups in total. The number of nitrogens with zero attached hydrogens (tertiary/aromatic N) is 1. The molecular formula is C23H23F2N3O3S. The molecule has 9 heteroatoms. The summed E-state index contributed by atoms with van der Waals surface area (Å²) in [5.41, 5.74) is 0.809. The number of para-hydroxylation sites is 1. The zero-order valence-corrected chi connectivity index (χ0v) is 18.4. The van der Waals surface area contributed by atoms with Gasteiger partial charge in [0.25, 0.3) is 15.9 Å². The van der Waals surface area contributed by atoms with Crippen LogP contribution in [0.25, 0.3) is 0 Å². The van der Waals surface area contributed by atoms with Gasteiger partial charge in [0, 0.05) is 12.1 Å². The summed E-state index contributed by atoms with van der Waals surface area (Å²) < 4.78 is 54.5. The third kappa shape index (κ3) is 5.68. The third-order valence-corrected chi connectivity index (χ3v) is 6.24. The molecule has 3 aromatic rings. The Morgan fingerprint density at radius 3 is 2.28 bits per heavy atom. The summed E-state index contributed by atoms with van der Waals surface area (Å²) in [5, 5.41) is 2.79. The third-order valence-electron chi connectivity index (χ3n) is 4.86. The van der Waals surface area contributed by atoms with Crippen LogP contribution in [-0.2, 0) is 10.0 Å². The normalized spacial score (nSPS) is 12.4. The lowest BCUT2D eigenvalue weighted by Gasteiger charge is -2.25. The molecule has 1 unspecified atom stereocenters. The highest BCUT2D eigenvalue weighted by molar-refractivity contribution is 7.92. The van der Waals surface area contributed by atoms with Gasteiger partial charge in [-0.05, 0) is 68.2 Å². The van der Waals surface area contributed by atoms with E-state index in [2.05, 4.69) is 10.0 Å². The van der Waals surface area contributed by atoms with Gasteiger partial charge in [-0.25, -0.2) is 17.2 Å². The monoisotopic (exact) mass is 459 g/mol. The SMILES string of the molecule is CN(C)C(CNC(=O)c1ccc(S(=O)(=O)Nc2ccccc2F)cc1)c1cccc(F)c1. The van der Waals surface area contributed by atoms with Gasteiger partial charge in [0.15, 0.2) is 0 Å². The van der Waals surface area contributed by atoms with E-state index in [1.165, 1.54) is 54.6 Å². The molecule has 0 aliphatic carbocycles. The lowest BCUT2D eigenvalue weighted by Crippen LogP contribution is -2.34. The Balaban J connectivity index is 1.68. The van der Waals surface area contributed by atoms with Crippen molar-refractivity contribution < 1.29 is 22.0 Å². The molecular weight excluding hydrogens is 436 g/mol. The standard InChI is InChI=1S/C23H23F2N3O3S/c1-28(2)22(17-6-5-7-18(24)14-17)15-26-23(29)16-10-12-19(13-11-16)32(30,31)27-21-9-4-3-8-20(21)25/h3-14,22,27H,15H2,1-2H3,(H,26,29). The minimum atomic E-state index is -4.02. The highest BCUT2D eigenvalue weighted by atomic mass is 32.2. The molecule has 0 aliphatic heterocycles. The van der Waals surface area contributed by atoms with Gasteiger partial charge in [-0.2, -0.15) is 0 Å². The zero-order chi connectivity index (χ0) is 23.3. The Kier molecular flexibility index (Phi) is 7.22. The fraction of sp³-hybridized carbons (Fsp3) is 0.174. The summed E-state index contributed by atoms with van der Waals surface area (Å²) in [6.07, 6.45) is 0. The van der Waals surface area contributed by atoms with E-state index in [4.69, 9.17) is 0 Å². The van der Waals surface area contributed by atoms with Crippen LogP contribution < -0.4 is 10.0 Å². The predicted octanol–water partition coefficient (Wildman–Crippen LogP) is 3.80. The molecule has 1 atom stereocenters. The number of anilines is 1. The van der Waals surface area contributed by atoms with E-state index in [9.17, 15) is 22.0 Å².